The fourth-order valence-electron chi connectivity index (χ4n) is 3.68. The molecule has 2 aromatic heterocycles. The van der Waals surface area contributed by atoms with E-state index in [2.05, 4.69) is 26.8 Å². The second-order valence-electron chi connectivity index (χ2n) is 6.91. The second-order valence-corrected chi connectivity index (χ2v) is 6.91. The molecule has 2 aliphatic rings. The van der Waals surface area contributed by atoms with Crippen LogP contribution in [-0.2, 0) is 11.3 Å². The Morgan fingerprint density at radius 2 is 2.21 bits per heavy atom. The van der Waals surface area contributed by atoms with Crippen LogP contribution in [0.5, 0.6) is 5.75 Å². The van der Waals surface area contributed by atoms with Crippen LogP contribution in [0.15, 0.2) is 24.7 Å². The van der Waals surface area contributed by atoms with E-state index in [1.807, 2.05) is 19.1 Å². The molecule has 0 aliphatic carbocycles. The van der Waals surface area contributed by atoms with Gasteiger partial charge in [-0.05, 0) is 26.0 Å². The Hall–Kier alpha value is -1.92. The normalized spacial score (nSPS) is 26.7. The molecule has 128 valence electrons. The van der Waals surface area contributed by atoms with Gasteiger partial charge in [0.2, 0.25) is 0 Å². The van der Waals surface area contributed by atoms with Gasteiger partial charge >= 0.3 is 0 Å². The molecule has 0 aromatic carbocycles. The van der Waals surface area contributed by atoms with E-state index in [1.54, 1.807) is 12.5 Å². The minimum absolute atomic E-state index is 0.328. The molecule has 0 radical (unpaired) electrons. The fraction of sp³-hybridized carbons (Fsp3) is 0.556. The summed E-state index contributed by atoms with van der Waals surface area (Å²) in [4.78, 5) is 14.3. The van der Waals surface area contributed by atoms with E-state index < -0.39 is 0 Å². The van der Waals surface area contributed by atoms with Crippen molar-refractivity contribution in [2.45, 2.75) is 26.5 Å². The zero-order valence-corrected chi connectivity index (χ0v) is 14.2. The summed E-state index contributed by atoms with van der Waals surface area (Å²) < 4.78 is 11.9. The van der Waals surface area contributed by atoms with Gasteiger partial charge in [-0.25, -0.2) is 4.98 Å². The van der Waals surface area contributed by atoms with E-state index in [0.29, 0.717) is 24.5 Å². The second kappa shape index (κ2) is 6.53. The topological polar surface area (TPSA) is 63.3 Å². The van der Waals surface area contributed by atoms with E-state index in [1.165, 1.54) is 0 Å². The Morgan fingerprint density at radius 1 is 1.29 bits per heavy atom. The third-order valence-corrected chi connectivity index (χ3v) is 5.17. The summed E-state index contributed by atoms with van der Waals surface area (Å²) in [5, 5.41) is 0. The largest absolute Gasteiger partial charge is 0.492 e. The average molecular weight is 328 g/mol. The van der Waals surface area contributed by atoms with Crippen LogP contribution in [0.3, 0.4) is 0 Å². The number of aryl methyl sites for hydroxylation is 2. The first-order valence-corrected chi connectivity index (χ1v) is 8.57. The highest BCUT2D eigenvalue weighted by molar-refractivity contribution is 5.19. The van der Waals surface area contributed by atoms with Gasteiger partial charge in [0.25, 0.3) is 0 Å². The van der Waals surface area contributed by atoms with Crippen LogP contribution in [-0.4, -0.2) is 52.3 Å². The van der Waals surface area contributed by atoms with Gasteiger partial charge in [-0.2, -0.15) is 0 Å². The number of hydrogen-bond acceptors (Lipinski definition) is 5. The number of nitrogens with zero attached hydrogens (tertiary/aromatic N) is 3. The number of aromatic nitrogens is 3. The van der Waals surface area contributed by atoms with Gasteiger partial charge in [0.1, 0.15) is 5.75 Å². The lowest BCUT2D eigenvalue weighted by atomic mass is 9.94. The molecule has 6 heteroatoms. The highest BCUT2D eigenvalue weighted by atomic mass is 16.5. The third-order valence-electron chi connectivity index (χ3n) is 5.17. The number of hydrogen-bond donors (Lipinski definition) is 1. The number of nitrogens with one attached hydrogen (secondary N) is 1. The summed E-state index contributed by atoms with van der Waals surface area (Å²) in [6.07, 6.45) is 3.89. The fourth-order valence-corrected chi connectivity index (χ4v) is 3.68. The third kappa shape index (κ3) is 3.16. The quantitative estimate of drug-likeness (QED) is 0.909. The Labute approximate surface area is 142 Å². The summed E-state index contributed by atoms with van der Waals surface area (Å²) in [7, 11) is 0. The van der Waals surface area contributed by atoms with Crippen LogP contribution < -0.4 is 4.74 Å². The number of ether oxygens (including phenoxy) is 2. The number of imidazole rings is 1. The lowest BCUT2D eigenvalue weighted by Gasteiger charge is -2.19. The molecule has 1 N–H and O–H groups in total. The first-order valence-electron chi connectivity index (χ1n) is 8.57. The van der Waals surface area contributed by atoms with Gasteiger partial charge in [0.05, 0.1) is 37.5 Å². The molecule has 24 heavy (non-hydrogen) atoms. The number of pyridine rings is 1. The van der Waals surface area contributed by atoms with Crippen molar-refractivity contribution in [3.05, 3.63) is 41.7 Å². The summed E-state index contributed by atoms with van der Waals surface area (Å²) in [5.41, 5.74) is 3.29. The van der Waals surface area contributed by atoms with Crippen LogP contribution in [0.1, 0.15) is 17.1 Å². The van der Waals surface area contributed by atoms with Crippen molar-refractivity contribution in [3.63, 3.8) is 0 Å². The molecule has 2 saturated heterocycles. The van der Waals surface area contributed by atoms with Crippen molar-refractivity contribution in [1.82, 2.24) is 19.9 Å². The van der Waals surface area contributed by atoms with Gasteiger partial charge in [0.15, 0.2) is 0 Å². The minimum Gasteiger partial charge on any atom is -0.492 e. The number of rotatable bonds is 5. The molecular weight excluding hydrogens is 304 g/mol. The minimum atomic E-state index is 0.328. The Balaban J connectivity index is 1.32. The van der Waals surface area contributed by atoms with Gasteiger partial charge in [0, 0.05) is 42.9 Å². The van der Waals surface area contributed by atoms with Gasteiger partial charge in [-0.3, -0.25) is 9.88 Å². The van der Waals surface area contributed by atoms with E-state index >= 15 is 0 Å². The molecule has 4 heterocycles. The van der Waals surface area contributed by atoms with Crippen molar-refractivity contribution in [2.75, 3.05) is 26.3 Å². The molecule has 2 aromatic rings. The molecule has 2 aliphatic heterocycles. The molecule has 0 bridgehead atoms. The standard InChI is InChI=1S/C18H24N4O2/c1-12-3-4-15(5-19-12)23-9-14-10-24-18-8-22(6-16(14)18)7-17-13(2)20-11-21-17/h3-5,11,14,16,18H,6-10H2,1-2H3,(H,20,21)/t14-,16-,18-/m1/s1. The predicted octanol–water partition coefficient (Wildman–Crippen LogP) is 1.95. The number of fused-ring (bicyclic) bond motifs is 1. The Bertz CT molecular complexity index is 685. The van der Waals surface area contributed by atoms with Crippen LogP contribution in [0.2, 0.25) is 0 Å². The van der Waals surface area contributed by atoms with Gasteiger partial charge in [-0.1, -0.05) is 0 Å². The van der Waals surface area contributed by atoms with Gasteiger partial charge in [-0.15, -0.1) is 0 Å². The number of H-pyrrole nitrogens is 1. The predicted molar refractivity (Wildman–Crippen MR) is 89.8 cm³/mol. The lowest BCUT2D eigenvalue weighted by Crippen LogP contribution is -2.27. The van der Waals surface area contributed by atoms with Crippen molar-refractivity contribution < 1.29 is 9.47 Å². The van der Waals surface area contributed by atoms with Gasteiger partial charge < -0.3 is 14.5 Å². The van der Waals surface area contributed by atoms with Crippen LogP contribution in [0.4, 0.5) is 0 Å². The first kappa shape index (κ1) is 15.6. The maximum absolute atomic E-state index is 6.01. The summed E-state index contributed by atoms with van der Waals surface area (Å²) in [6, 6.07) is 3.96. The van der Waals surface area contributed by atoms with Crippen LogP contribution in [0.25, 0.3) is 0 Å². The van der Waals surface area contributed by atoms with Crippen LogP contribution in [0, 0.1) is 25.7 Å². The van der Waals surface area contributed by atoms with E-state index in [9.17, 15) is 0 Å². The van der Waals surface area contributed by atoms with Crippen LogP contribution >= 0.6 is 0 Å². The smallest absolute Gasteiger partial charge is 0.137 e. The van der Waals surface area contributed by atoms with Crippen molar-refractivity contribution in [3.8, 4) is 5.75 Å². The summed E-state index contributed by atoms with van der Waals surface area (Å²) in [5.74, 6) is 1.83. The molecular formula is C18H24N4O2. The Kier molecular flexibility index (Phi) is 4.24. The lowest BCUT2D eigenvalue weighted by molar-refractivity contribution is 0.0895. The Morgan fingerprint density at radius 3 is 2.96 bits per heavy atom. The monoisotopic (exact) mass is 328 g/mol. The van der Waals surface area contributed by atoms with Crippen molar-refractivity contribution in [1.29, 1.82) is 0 Å². The summed E-state index contributed by atoms with van der Waals surface area (Å²) >= 11 is 0. The highest BCUT2D eigenvalue weighted by Gasteiger charge is 2.44. The molecule has 4 rings (SSSR count). The van der Waals surface area contributed by atoms with E-state index in [4.69, 9.17) is 9.47 Å². The zero-order valence-electron chi connectivity index (χ0n) is 14.2. The first-order chi connectivity index (χ1) is 11.7. The zero-order chi connectivity index (χ0) is 16.5. The maximum atomic E-state index is 6.01. The maximum Gasteiger partial charge on any atom is 0.137 e. The molecule has 3 atom stereocenters. The molecule has 0 spiro atoms. The molecule has 0 unspecified atom stereocenters. The van der Waals surface area contributed by atoms with E-state index in [0.717, 1.165) is 49.1 Å². The van der Waals surface area contributed by atoms with E-state index in [-0.39, 0.29) is 0 Å². The van der Waals surface area contributed by atoms with Crippen molar-refractivity contribution >= 4 is 0 Å². The molecule has 2 fully saturated rings. The SMILES string of the molecule is Cc1ccc(OC[C@@H]2CO[C@@H]3CN(Cc4nc[nH]c4C)C[C@H]23)cn1. The molecule has 0 amide bonds. The molecule has 0 saturated carbocycles. The van der Waals surface area contributed by atoms with Crippen molar-refractivity contribution in [2.24, 2.45) is 11.8 Å². The highest BCUT2D eigenvalue weighted by Crippen LogP contribution is 2.34. The number of aromatic amines is 1. The average Bonchev–Trinajstić information content (AvgIpc) is 3.25. The number of likely N-dealkylation sites (tertiary alicyclic amines) is 1. The summed E-state index contributed by atoms with van der Waals surface area (Å²) in [6.45, 7) is 8.47. The molecule has 6 nitrogen and oxygen atoms in total.